The highest BCUT2D eigenvalue weighted by Gasteiger charge is 2.10. The Morgan fingerprint density at radius 2 is 2.28 bits per heavy atom. The van der Waals surface area contributed by atoms with E-state index in [1.165, 1.54) is 24.6 Å². The molecule has 1 N–H and O–H groups in total. The molecule has 0 unspecified atom stereocenters. The molecule has 2 rings (SSSR count). The van der Waals surface area contributed by atoms with E-state index in [-0.39, 0.29) is 0 Å². The van der Waals surface area contributed by atoms with E-state index >= 15 is 0 Å². The zero-order valence-corrected chi connectivity index (χ0v) is 11.7. The van der Waals surface area contributed by atoms with Crippen LogP contribution in [-0.4, -0.2) is 54.2 Å². The SMILES string of the molecule is CCOc1cccnc1NCCN1CCSCC1. The maximum absolute atomic E-state index is 5.54. The second-order valence-corrected chi connectivity index (χ2v) is 5.39. The van der Waals surface area contributed by atoms with E-state index in [4.69, 9.17) is 4.74 Å². The molecule has 0 radical (unpaired) electrons. The second-order valence-electron chi connectivity index (χ2n) is 4.16. The highest BCUT2D eigenvalue weighted by Crippen LogP contribution is 2.20. The van der Waals surface area contributed by atoms with Crippen LogP contribution in [0.25, 0.3) is 0 Å². The summed E-state index contributed by atoms with van der Waals surface area (Å²) in [6.07, 6.45) is 1.79. The summed E-state index contributed by atoms with van der Waals surface area (Å²) in [5.41, 5.74) is 0. The van der Waals surface area contributed by atoms with Gasteiger partial charge in [-0.1, -0.05) is 0 Å². The molecule has 5 heteroatoms. The molecule has 1 aromatic rings. The van der Waals surface area contributed by atoms with Crippen LogP contribution in [0.3, 0.4) is 0 Å². The minimum atomic E-state index is 0.670. The average molecular weight is 267 g/mol. The first kappa shape index (κ1) is 13.5. The fourth-order valence-corrected chi connectivity index (χ4v) is 2.93. The number of thioether (sulfide) groups is 1. The highest BCUT2D eigenvalue weighted by atomic mass is 32.2. The Hall–Kier alpha value is -0.940. The maximum atomic E-state index is 5.54. The van der Waals surface area contributed by atoms with Gasteiger partial charge in [-0.15, -0.1) is 0 Å². The molecule has 0 saturated carbocycles. The number of aromatic nitrogens is 1. The van der Waals surface area contributed by atoms with Crippen LogP contribution < -0.4 is 10.1 Å². The van der Waals surface area contributed by atoms with Crippen molar-refractivity contribution in [2.45, 2.75) is 6.92 Å². The molecule has 0 atom stereocenters. The van der Waals surface area contributed by atoms with Crippen LogP contribution in [0.2, 0.25) is 0 Å². The zero-order chi connectivity index (χ0) is 12.6. The van der Waals surface area contributed by atoms with E-state index < -0.39 is 0 Å². The maximum Gasteiger partial charge on any atom is 0.168 e. The van der Waals surface area contributed by atoms with Crippen LogP contribution in [-0.2, 0) is 0 Å². The molecule has 0 aliphatic carbocycles. The number of nitrogens with zero attached hydrogens (tertiary/aromatic N) is 2. The van der Waals surface area contributed by atoms with Crippen molar-refractivity contribution in [1.29, 1.82) is 0 Å². The van der Waals surface area contributed by atoms with Crippen LogP contribution in [0.4, 0.5) is 5.82 Å². The molecular formula is C13H21N3OS. The van der Waals surface area contributed by atoms with Crippen molar-refractivity contribution < 1.29 is 4.74 Å². The largest absolute Gasteiger partial charge is 0.490 e. The molecule has 18 heavy (non-hydrogen) atoms. The predicted molar refractivity (Wildman–Crippen MR) is 77.7 cm³/mol. The van der Waals surface area contributed by atoms with E-state index in [9.17, 15) is 0 Å². The quantitative estimate of drug-likeness (QED) is 0.852. The topological polar surface area (TPSA) is 37.4 Å². The average Bonchev–Trinajstić information content (AvgIpc) is 2.42. The number of rotatable bonds is 6. The summed E-state index contributed by atoms with van der Waals surface area (Å²) in [4.78, 5) is 6.81. The molecular weight excluding hydrogens is 246 g/mol. The molecule has 0 amide bonds. The van der Waals surface area contributed by atoms with Gasteiger partial charge in [0.1, 0.15) is 0 Å². The van der Waals surface area contributed by atoms with Gasteiger partial charge in [-0.05, 0) is 19.1 Å². The number of nitrogens with one attached hydrogen (secondary N) is 1. The number of pyridine rings is 1. The van der Waals surface area contributed by atoms with Gasteiger partial charge in [0.25, 0.3) is 0 Å². The van der Waals surface area contributed by atoms with E-state index in [0.717, 1.165) is 24.7 Å². The number of ether oxygens (including phenoxy) is 1. The third kappa shape index (κ3) is 4.07. The fraction of sp³-hybridized carbons (Fsp3) is 0.615. The Balaban J connectivity index is 1.78. The summed E-state index contributed by atoms with van der Waals surface area (Å²) < 4.78 is 5.54. The summed E-state index contributed by atoms with van der Waals surface area (Å²) in [5.74, 6) is 4.21. The summed E-state index contributed by atoms with van der Waals surface area (Å²) in [6.45, 7) is 7.05. The molecule has 1 fully saturated rings. The smallest absolute Gasteiger partial charge is 0.168 e. The van der Waals surface area contributed by atoms with E-state index in [1.807, 2.05) is 30.8 Å². The van der Waals surface area contributed by atoms with Crippen molar-refractivity contribution in [3.63, 3.8) is 0 Å². The van der Waals surface area contributed by atoms with Crippen molar-refractivity contribution in [3.05, 3.63) is 18.3 Å². The molecule has 1 saturated heterocycles. The highest BCUT2D eigenvalue weighted by molar-refractivity contribution is 7.99. The lowest BCUT2D eigenvalue weighted by Crippen LogP contribution is -2.36. The number of hydrogen-bond donors (Lipinski definition) is 1. The van der Waals surface area contributed by atoms with Crippen LogP contribution >= 0.6 is 11.8 Å². The fourth-order valence-electron chi connectivity index (χ4n) is 1.95. The van der Waals surface area contributed by atoms with E-state index in [1.54, 1.807) is 6.20 Å². The molecule has 1 aliphatic rings. The van der Waals surface area contributed by atoms with Gasteiger partial charge in [0.15, 0.2) is 11.6 Å². The second kappa shape index (κ2) is 7.48. The standard InChI is InChI=1S/C13H21N3OS/c1-2-17-12-4-3-5-14-13(12)15-6-7-16-8-10-18-11-9-16/h3-5H,2,6-11H2,1H3,(H,14,15). The van der Waals surface area contributed by atoms with Crippen LogP contribution in [0, 0.1) is 0 Å². The number of hydrogen-bond acceptors (Lipinski definition) is 5. The Kier molecular flexibility index (Phi) is 5.61. The monoisotopic (exact) mass is 267 g/mol. The normalized spacial score (nSPS) is 16.5. The third-order valence-corrected chi connectivity index (χ3v) is 3.84. The summed E-state index contributed by atoms with van der Waals surface area (Å²) in [5, 5.41) is 3.36. The first-order valence-corrected chi connectivity index (χ1v) is 7.67. The molecule has 4 nitrogen and oxygen atoms in total. The Morgan fingerprint density at radius 3 is 3.06 bits per heavy atom. The minimum absolute atomic E-state index is 0.670. The molecule has 100 valence electrons. The minimum Gasteiger partial charge on any atom is -0.490 e. The summed E-state index contributed by atoms with van der Waals surface area (Å²) >= 11 is 2.04. The molecule has 1 aliphatic heterocycles. The Morgan fingerprint density at radius 1 is 1.44 bits per heavy atom. The van der Waals surface area contributed by atoms with E-state index in [2.05, 4.69) is 15.2 Å². The van der Waals surface area contributed by atoms with Crippen molar-refractivity contribution >= 4 is 17.6 Å². The van der Waals surface area contributed by atoms with E-state index in [0.29, 0.717) is 6.61 Å². The zero-order valence-electron chi connectivity index (χ0n) is 10.9. The first-order valence-electron chi connectivity index (χ1n) is 6.52. The van der Waals surface area contributed by atoms with Crippen molar-refractivity contribution in [3.8, 4) is 5.75 Å². The molecule has 1 aromatic heterocycles. The predicted octanol–water partition coefficient (Wildman–Crippen LogP) is 1.94. The summed E-state index contributed by atoms with van der Waals surface area (Å²) in [7, 11) is 0. The molecule has 2 heterocycles. The van der Waals surface area contributed by atoms with Crippen LogP contribution in [0.15, 0.2) is 18.3 Å². The lowest BCUT2D eigenvalue weighted by molar-refractivity contribution is 0.313. The van der Waals surface area contributed by atoms with Gasteiger partial charge in [-0.2, -0.15) is 11.8 Å². The third-order valence-electron chi connectivity index (χ3n) is 2.89. The van der Waals surface area contributed by atoms with Gasteiger partial charge in [-0.25, -0.2) is 4.98 Å². The Bertz CT molecular complexity index is 356. The molecule has 0 bridgehead atoms. The van der Waals surface area contributed by atoms with Crippen molar-refractivity contribution in [2.24, 2.45) is 0 Å². The van der Waals surface area contributed by atoms with Crippen molar-refractivity contribution in [1.82, 2.24) is 9.88 Å². The molecule has 0 spiro atoms. The van der Waals surface area contributed by atoms with Gasteiger partial charge in [0, 0.05) is 43.9 Å². The Labute approximate surface area is 113 Å². The van der Waals surface area contributed by atoms with Gasteiger partial charge >= 0.3 is 0 Å². The van der Waals surface area contributed by atoms with Crippen LogP contribution in [0.5, 0.6) is 5.75 Å². The first-order chi connectivity index (χ1) is 8.90. The van der Waals surface area contributed by atoms with Crippen molar-refractivity contribution in [2.75, 3.05) is 49.6 Å². The van der Waals surface area contributed by atoms with Gasteiger partial charge in [0.2, 0.25) is 0 Å². The summed E-state index contributed by atoms with van der Waals surface area (Å²) in [6, 6.07) is 3.86. The van der Waals surface area contributed by atoms with Gasteiger partial charge in [0.05, 0.1) is 6.61 Å². The molecule has 0 aromatic carbocycles. The lowest BCUT2D eigenvalue weighted by atomic mass is 10.4. The number of anilines is 1. The van der Waals surface area contributed by atoms with Crippen LogP contribution in [0.1, 0.15) is 6.92 Å². The lowest BCUT2D eigenvalue weighted by Gasteiger charge is -2.26. The van der Waals surface area contributed by atoms with Gasteiger partial charge < -0.3 is 10.1 Å². The van der Waals surface area contributed by atoms with Gasteiger partial charge in [-0.3, -0.25) is 4.90 Å².